The normalized spacial score (nSPS) is 15.5. The van der Waals surface area contributed by atoms with Crippen LogP contribution in [0.2, 0.25) is 0 Å². The predicted octanol–water partition coefficient (Wildman–Crippen LogP) is 3.71. The van der Waals surface area contributed by atoms with Gasteiger partial charge < -0.3 is 19.3 Å². The van der Waals surface area contributed by atoms with Crippen LogP contribution >= 0.6 is 12.6 Å². The third kappa shape index (κ3) is 2.80. The second-order valence-electron chi connectivity index (χ2n) is 6.31. The molecule has 2 aromatic carbocycles. The molecular weight excluding hydrogens is 386 g/mol. The average molecular weight is 399 g/mol. The van der Waals surface area contributed by atoms with Gasteiger partial charge in [-0.2, -0.15) is 22.4 Å². The molecule has 0 bridgehead atoms. The van der Waals surface area contributed by atoms with Crippen molar-refractivity contribution in [2.45, 2.75) is 18.5 Å². The lowest BCUT2D eigenvalue weighted by Crippen LogP contribution is -2.05. The molecule has 1 aromatic heterocycles. The van der Waals surface area contributed by atoms with Gasteiger partial charge in [-0.15, -0.1) is 0 Å². The number of nitrogens with zero attached hydrogens (tertiary/aromatic N) is 1. The van der Waals surface area contributed by atoms with Crippen molar-refractivity contribution in [1.29, 1.82) is 0 Å². The highest BCUT2D eigenvalue weighted by Crippen LogP contribution is 2.40. The van der Waals surface area contributed by atoms with E-state index in [1.165, 1.54) is 0 Å². The van der Waals surface area contributed by atoms with Crippen molar-refractivity contribution in [3.8, 4) is 34.1 Å². The number of carbonyl (C=O) groups is 1. The number of hydrogen-bond acceptors (Lipinski definition) is 8. The predicted molar refractivity (Wildman–Crippen MR) is 97.6 cm³/mol. The Bertz CT molecular complexity index is 1020. The molecule has 0 amide bonds. The van der Waals surface area contributed by atoms with Gasteiger partial charge in [-0.3, -0.25) is 4.79 Å². The third-order valence-corrected chi connectivity index (χ3v) is 4.95. The summed E-state index contributed by atoms with van der Waals surface area (Å²) in [6.07, 6.45) is 0. The van der Waals surface area contributed by atoms with Gasteiger partial charge >= 0.3 is 5.97 Å². The highest BCUT2D eigenvalue weighted by molar-refractivity contribution is 7.81. The molecule has 3 aromatic rings. The summed E-state index contributed by atoms with van der Waals surface area (Å²) in [7, 11) is 0. The Hall–Kier alpha value is -3.01. The summed E-state index contributed by atoms with van der Waals surface area (Å²) in [6, 6.07) is 10.9. The maximum Gasteiger partial charge on any atom is 0.325 e. The monoisotopic (exact) mass is 399 g/mol. The van der Waals surface area contributed by atoms with Crippen LogP contribution in [0, 0.1) is 0 Å². The number of rotatable bonds is 4. The SMILES string of the molecule is O=C(O)C(S)c1nc(-c2ccc3c(c2)OOC3)c(-c2ccc3c(c2)OOC3)o1. The molecule has 2 aliphatic rings. The van der Waals surface area contributed by atoms with Gasteiger partial charge in [-0.1, -0.05) is 24.3 Å². The largest absolute Gasteiger partial charge is 0.480 e. The van der Waals surface area contributed by atoms with E-state index in [0.29, 0.717) is 47.3 Å². The maximum absolute atomic E-state index is 11.4. The fraction of sp³-hybridized carbons (Fsp3) is 0.158. The average Bonchev–Trinajstić information content (AvgIpc) is 3.44. The van der Waals surface area contributed by atoms with Gasteiger partial charge in [0, 0.05) is 22.3 Å². The van der Waals surface area contributed by atoms with Gasteiger partial charge in [0.2, 0.25) is 5.89 Å². The molecule has 2 aliphatic heterocycles. The fourth-order valence-electron chi connectivity index (χ4n) is 3.05. The summed E-state index contributed by atoms with van der Waals surface area (Å²) >= 11 is 4.08. The Kier molecular flexibility index (Phi) is 4.00. The van der Waals surface area contributed by atoms with Crippen molar-refractivity contribution in [1.82, 2.24) is 4.98 Å². The topological polar surface area (TPSA) is 100 Å². The zero-order chi connectivity index (χ0) is 19.3. The number of carboxylic acid groups (broad SMARTS) is 1. The Morgan fingerprint density at radius 3 is 2.25 bits per heavy atom. The second kappa shape index (κ2) is 6.55. The van der Waals surface area contributed by atoms with E-state index in [-0.39, 0.29) is 5.89 Å². The maximum atomic E-state index is 11.4. The number of oxazole rings is 1. The summed E-state index contributed by atoms with van der Waals surface area (Å²) in [4.78, 5) is 36.0. The van der Waals surface area contributed by atoms with Crippen LogP contribution in [-0.4, -0.2) is 16.1 Å². The molecule has 28 heavy (non-hydrogen) atoms. The van der Waals surface area contributed by atoms with Crippen LogP contribution in [0.1, 0.15) is 22.3 Å². The first-order valence-corrected chi connectivity index (χ1v) is 8.89. The van der Waals surface area contributed by atoms with Crippen molar-refractivity contribution in [2.24, 2.45) is 0 Å². The van der Waals surface area contributed by atoms with E-state index in [9.17, 15) is 9.90 Å². The molecule has 0 aliphatic carbocycles. The van der Waals surface area contributed by atoms with E-state index >= 15 is 0 Å². The third-order valence-electron chi connectivity index (χ3n) is 4.51. The van der Waals surface area contributed by atoms with Crippen LogP contribution < -0.4 is 9.78 Å². The smallest absolute Gasteiger partial charge is 0.325 e. The van der Waals surface area contributed by atoms with Crippen LogP contribution in [0.5, 0.6) is 11.5 Å². The lowest BCUT2D eigenvalue weighted by atomic mass is 10.0. The van der Waals surface area contributed by atoms with Crippen molar-refractivity contribution in [3.63, 3.8) is 0 Å². The molecule has 9 heteroatoms. The highest BCUT2D eigenvalue weighted by atomic mass is 32.1. The van der Waals surface area contributed by atoms with Gasteiger partial charge in [0.15, 0.2) is 22.5 Å². The lowest BCUT2D eigenvalue weighted by Gasteiger charge is -2.04. The molecule has 1 N–H and O–H groups in total. The molecule has 0 saturated heterocycles. The van der Waals surface area contributed by atoms with Crippen LogP contribution in [0.4, 0.5) is 0 Å². The summed E-state index contributed by atoms with van der Waals surface area (Å²) in [5.41, 5.74) is 3.65. The number of carboxylic acids is 1. The minimum Gasteiger partial charge on any atom is -0.480 e. The molecule has 8 nitrogen and oxygen atoms in total. The van der Waals surface area contributed by atoms with Gasteiger partial charge in [0.05, 0.1) is 0 Å². The van der Waals surface area contributed by atoms with Crippen molar-refractivity contribution >= 4 is 18.6 Å². The zero-order valence-corrected chi connectivity index (χ0v) is 15.1. The minimum atomic E-state index is -1.20. The van der Waals surface area contributed by atoms with Crippen LogP contribution in [-0.2, 0) is 27.8 Å². The molecular formula is C19H13NO7S. The molecule has 5 rings (SSSR count). The highest BCUT2D eigenvalue weighted by Gasteiger charge is 2.27. The van der Waals surface area contributed by atoms with Crippen LogP contribution in [0.25, 0.3) is 22.6 Å². The number of aromatic nitrogens is 1. The lowest BCUT2D eigenvalue weighted by molar-refractivity contribution is -0.194. The molecule has 1 unspecified atom stereocenters. The Labute approximate surface area is 163 Å². The number of benzene rings is 2. The summed E-state index contributed by atoms with van der Waals surface area (Å²) in [6.45, 7) is 0.733. The Balaban J connectivity index is 1.66. The Morgan fingerprint density at radius 2 is 1.61 bits per heavy atom. The fourth-order valence-corrected chi connectivity index (χ4v) is 3.17. The standard InChI is InChI=1S/C19H13NO7S/c21-19(22)17(28)18-20-15(9-1-3-11-7-23-26-13(11)5-9)16(25-18)10-2-4-12-8-24-27-14(12)6-10/h1-6,17,28H,7-8H2,(H,21,22). The van der Waals surface area contributed by atoms with E-state index < -0.39 is 11.2 Å². The molecule has 0 radical (unpaired) electrons. The van der Waals surface area contributed by atoms with E-state index in [1.54, 1.807) is 12.1 Å². The summed E-state index contributed by atoms with van der Waals surface area (Å²) in [5, 5.41) is 8.08. The number of fused-ring (bicyclic) bond motifs is 2. The number of thiol groups is 1. The van der Waals surface area contributed by atoms with E-state index in [1.807, 2.05) is 24.3 Å². The first kappa shape index (κ1) is 17.1. The summed E-state index contributed by atoms with van der Waals surface area (Å²) in [5.74, 6) is 0.384. The van der Waals surface area contributed by atoms with E-state index in [0.717, 1.165) is 11.1 Å². The second-order valence-corrected chi connectivity index (χ2v) is 6.82. The van der Waals surface area contributed by atoms with Crippen LogP contribution in [0.3, 0.4) is 0 Å². The van der Waals surface area contributed by atoms with Gasteiger partial charge in [0.1, 0.15) is 18.9 Å². The molecule has 3 heterocycles. The quantitative estimate of drug-likeness (QED) is 0.506. The zero-order valence-electron chi connectivity index (χ0n) is 14.2. The number of aliphatic carboxylic acids is 1. The van der Waals surface area contributed by atoms with Crippen molar-refractivity contribution in [2.75, 3.05) is 0 Å². The molecule has 0 fully saturated rings. The van der Waals surface area contributed by atoms with Crippen molar-refractivity contribution in [3.05, 3.63) is 53.4 Å². The van der Waals surface area contributed by atoms with Crippen molar-refractivity contribution < 1.29 is 33.9 Å². The number of hydrogen-bond donors (Lipinski definition) is 2. The Morgan fingerprint density at radius 1 is 1.00 bits per heavy atom. The van der Waals surface area contributed by atoms with E-state index in [2.05, 4.69) is 17.6 Å². The molecule has 0 saturated carbocycles. The molecule has 0 spiro atoms. The first-order chi connectivity index (χ1) is 13.6. The minimum absolute atomic E-state index is 0.0174. The summed E-state index contributed by atoms with van der Waals surface area (Å²) < 4.78 is 5.82. The van der Waals surface area contributed by atoms with E-state index in [4.69, 9.17) is 24.0 Å². The van der Waals surface area contributed by atoms with Gasteiger partial charge in [-0.05, 0) is 12.1 Å². The molecule has 1 atom stereocenters. The first-order valence-electron chi connectivity index (χ1n) is 8.37. The van der Waals surface area contributed by atoms with Gasteiger partial charge in [0.25, 0.3) is 0 Å². The molecule has 142 valence electrons. The van der Waals surface area contributed by atoms with Gasteiger partial charge in [-0.25, -0.2) is 4.98 Å². The van der Waals surface area contributed by atoms with Crippen LogP contribution in [0.15, 0.2) is 40.8 Å².